The van der Waals surface area contributed by atoms with Crippen molar-refractivity contribution in [3.8, 4) is 0 Å². The standard InChI is InChI=1S/C20H25N3O3S/c1-13-15-17(21-14-6-3-2-4-9-22(14)18(15)24)27-16(13)19(25)23-10-5-7-20(23)8-11-26-12-20/h2-12H2,1H3. The summed E-state index contributed by atoms with van der Waals surface area (Å²) < 4.78 is 7.47. The second-order valence-corrected chi connectivity index (χ2v) is 9.12. The van der Waals surface area contributed by atoms with Gasteiger partial charge in [-0.3, -0.25) is 14.2 Å². The number of carbonyl (C=O) groups is 1. The van der Waals surface area contributed by atoms with Crippen molar-refractivity contribution in [2.24, 2.45) is 0 Å². The van der Waals surface area contributed by atoms with Crippen LogP contribution in [0, 0.1) is 6.92 Å². The normalized spacial score (nSPS) is 25.3. The predicted octanol–water partition coefficient (Wildman–Crippen LogP) is 2.89. The molecule has 6 nitrogen and oxygen atoms in total. The maximum atomic E-state index is 13.4. The van der Waals surface area contributed by atoms with Gasteiger partial charge >= 0.3 is 0 Å². The summed E-state index contributed by atoms with van der Waals surface area (Å²) in [6, 6.07) is 0. The molecule has 1 spiro atoms. The Morgan fingerprint density at radius 2 is 2.07 bits per heavy atom. The van der Waals surface area contributed by atoms with Crippen molar-refractivity contribution in [1.29, 1.82) is 0 Å². The minimum Gasteiger partial charge on any atom is -0.379 e. The SMILES string of the molecule is Cc1c(C(=O)N2CCCC23CCOC3)sc2nc3n(c(=O)c12)CCCCC3. The third-order valence-electron chi connectivity index (χ3n) is 6.53. The third-order valence-corrected chi connectivity index (χ3v) is 7.70. The van der Waals surface area contributed by atoms with Crippen LogP contribution < -0.4 is 5.56 Å². The summed E-state index contributed by atoms with van der Waals surface area (Å²) in [4.78, 5) is 34.8. The number of nitrogens with zero attached hydrogens (tertiary/aromatic N) is 3. The number of ether oxygens (including phenoxy) is 1. The fourth-order valence-electron chi connectivity index (χ4n) is 5.00. The molecule has 3 aliphatic heterocycles. The number of carbonyl (C=O) groups excluding carboxylic acids is 1. The first-order valence-corrected chi connectivity index (χ1v) is 10.8. The van der Waals surface area contributed by atoms with E-state index in [2.05, 4.69) is 0 Å². The largest absolute Gasteiger partial charge is 0.379 e. The Labute approximate surface area is 162 Å². The van der Waals surface area contributed by atoms with Gasteiger partial charge in [-0.05, 0) is 44.6 Å². The van der Waals surface area contributed by atoms with Crippen molar-refractivity contribution in [2.45, 2.75) is 64.0 Å². The van der Waals surface area contributed by atoms with Crippen LogP contribution in [0.5, 0.6) is 0 Å². The lowest BCUT2D eigenvalue weighted by atomic mass is 9.95. The third kappa shape index (κ3) is 2.58. The fraction of sp³-hybridized carbons (Fsp3) is 0.650. The molecule has 0 aromatic carbocycles. The van der Waals surface area contributed by atoms with Gasteiger partial charge in [0.25, 0.3) is 11.5 Å². The van der Waals surface area contributed by atoms with E-state index >= 15 is 0 Å². The van der Waals surface area contributed by atoms with Crippen LogP contribution in [-0.2, 0) is 17.7 Å². The van der Waals surface area contributed by atoms with Crippen molar-refractivity contribution in [3.63, 3.8) is 0 Å². The molecule has 0 N–H and O–H groups in total. The van der Waals surface area contributed by atoms with Gasteiger partial charge in [0.2, 0.25) is 0 Å². The van der Waals surface area contributed by atoms with E-state index < -0.39 is 0 Å². The van der Waals surface area contributed by atoms with Gasteiger partial charge in [0.1, 0.15) is 10.7 Å². The van der Waals surface area contributed by atoms with E-state index in [9.17, 15) is 9.59 Å². The number of amides is 1. The van der Waals surface area contributed by atoms with Crippen molar-refractivity contribution < 1.29 is 9.53 Å². The molecule has 1 atom stereocenters. The maximum absolute atomic E-state index is 13.4. The Morgan fingerprint density at radius 3 is 2.89 bits per heavy atom. The molecule has 2 aromatic rings. The Hall–Kier alpha value is -1.73. The van der Waals surface area contributed by atoms with Gasteiger partial charge in [-0.15, -0.1) is 11.3 Å². The number of rotatable bonds is 1. The van der Waals surface area contributed by atoms with Gasteiger partial charge in [0.05, 0.1) is 22.4 Å². The van der Waals surface area contributed by atoms with Crippen LogP contribution in [0.25, 0.3) is 10.2 Å². The summed E-state index contributed by atoms with van der Waals surface area (Å²) in [6.07, 6.45) is 7.02. The molecule has 0 radical (unpaired) electrons. The van der Waals surface area contributed by atoms with E-state index in [4.69, 9.17) is 9.72 Å². The second kappa shape index (κ2) is 6.41. The monoisotopic (exact) mass is 387 g/mol. The highest BCUT2D eigenvalue weighted by Crippen LogP contribution is 2.39. The number of aryl methyl sites for hydroxylation is 2. The van der Waals surface area contributed by atoms with E-state index in [-0.39, 0.29) is 17.0 Å². The molecule has 7 heteroatoms. The van der Waals surface area contributed by atoms with E-state index in [0.717, 1.165) is 80.9 Å². The molecule has 144 valence electrons. The van der Waals surface area contributed by atoms with Gasteiger partial charge in [-0.1, -0.05) is 6.42 Å². The molecule has 2 saturated heterocycles. The Bertz CT molecular complexity index is 965. The van der Waals surface area contributed by atoms with Crippen molar-refractivity contribution in [1.82, 2.24) is 14.5 Å². The molecular weight excluding hydrogens is 362 g/mol. The summed E-state index contributed by atoms with van der Waals surface area (Å²) in [7, 11) is 0. The average Bonchev–Trinajstić information content (AvgIpc) is 3.32. The van der Waals surface area contributed by atoms with Crippen LogP contribution in [-0.4, -0.2) is 45.7 Å². The average molecular weight is 388 g/mol. The van der Waals surface area contributed by atoms with Crippen molar-refractivity contribution >= 4 is 27.5 Å². The lowest BCUT2D eigenvalue weighted by Crippen LogP contribution is -2.47. The Balaban J connectivity index is 1.60. The van der Waals surface area contributed by atoms with Crippen LogP contribution in [0.15, 0.2) is 4.79 Å². The molecule has 5 heterocycles. The number of likely N-dealkylation sites (tertiary alicyclic amines) is 1. The quantitative estimate of drug-likeness (QED) is 0.755. The van der Waals surface area contributed by atoms with Crippen LogP contribution >= 0.6 is 11.3 Å². The number of hydrogen-bond acceptors (Lipinski definition) is 5. The zero-order chi connectivity index (χ0) is 18.6. The lowest BCUT2D eigenvalue weighted by molar-refractivity contribution is 0.0554. The van der Waals surface area contributed by atoms with Crippen LogP contribution in [0.4, 0.5) is 0 Å². The Kier molecular flexibility index (Phi) is 4.13. The summed E-state index contributed by atoms with van der Waals surface area (Å²) in [5.41, 5.74) is 0.697. The molecule has 27 heavy (non-hydrogen) atoms. The number of thiophene rings is 1. The van der Waals surface area contributed by atoms with Crippen LogP contribution in [0.3, 0.4) is 0 Å². The molecule has 3 aliphatic rings. The molecular formula is C20H25N3O3S. The van der Waals surface area contributed by atoms with E-state index in [0.29, 0.717) is 16.9 Å². The highest BCUT2D eigenvalue weighted by molar-refractivity contribution is 7.20. The molecule has 0 aliphatic carbocycles. The summed E-state index contributed by atoms with van der Waals surface area (Å²) >= 11 is 1.40. The minimum atomic E-state index is -0.140. The number of aromatic nitrogens is 2. The summed E-state index contributed by atoms with van der Waals surface area (Å²) in [6.45, 7) is 4.79. The van der Waals surface area contributed by atoms with E-state index in [1.165, 1.54) is 11.3 Å². The molecule has 0 saturated carbocycles. The molecule has 0 bridgehead atoms. The van der Waals surface area contributed by atoms with E-state index in [1.807, 2.05) is 16.4 Å². The van der Waals surface area contributed by atoms with Crippen LogP contribution in [0.1, 0.15) is 59.6 Å². The summed E-state index contributed by atoms with van der Waals surface area (Å²) in [5.74, 6) is 0.935. The first-order chi connectivity index (χ1) is 13.1. The number of hydrogen-bond donors (Lipinski definition) is 0. The van der Waals surface area contributed by atoms with Crippen molar-refractivity contribution in [3.05, 3.63) is 26.6 Å². The first kappa shape index (κ1) is 17.4. The zero-order valence-electron chi connectivity index (χ0n) is 15.8. The predicted molar refractivity (Wildman–Crippen MR) is 105 cm³/mol. The van der Waals surface area contributed by atoms with Gasteiger partial charge in [-0.25, -0.2) is 4.98 Å². The molecule has 2 aromatic heterocycles. The molecule has 1 unspecified atom stereocenters. The topological polar surface area (TPSA) is 64.4 Å². The molecule has 5 rings (SSSR count). The van der Waals surface area contributed by atoms with E-state index in [1.54, 1.807) is 0 Å². The smallest absolute Gasteiger partial charge is 0.264 e. The van der Waals surface area contributed by atoms with Gasteiger partial charge in [0, 0.05) is 26.1 Å². The molecule has 2 fully saturated rings. The Morgan fingerprint density at radius 1 is 1.19 bits per heavy atom. The highest BCUT2D eigenvalue weighted by atomic mass is 32.1. The molecule has 1 amide bonds. The van der Waals surface area contributed by atoms with Crippen LogP contribution in [0.2, 0.25) is 0 Å². The zero-order valence-corrected chi connectivity index (χ0v) is 16.6. The first-order valence-electron chi connectivity index (χ1n) is 10.0. The van der Waals surface area contributed by atoms with Gasteiger partial charge in [0.15, 0.2) is 0 Å². The van der Waals surface area contributed by atoms with Crippen molar-refractivity contribution in [2.75, 3.05) is 19.8 Å². The fourth-order valence-corrected chi connectivity index (χ4v) is 6.14. The summed E-state index contributed by atoms with van der Waals surface area (Å²) in [5, 5.41) is 0.643. The number of fused-ring (bicyclic) bond motifs is 2. The lowest BCUT2D eigenvalue weighted by Gasteiger charge is -2.33. The van der Waals surface area contributed by atoms with Gasteiger partial charge < -0.3 is 9.64 Å². The maximum Gasteiger partial charge on any atom is 0.264 e. The minimum absolute atomic E-state index is 0.0324. The van der Waals surface area contributed by atoms with Gasteiger partial charge in [-0.2, -0.15) is 0 Å². The second-order valence-electron chi connectivity index (χ2n) is 8.12. The highest BCUT2D eigenvalue weighted by Gasteiger charge is 2.47.